The van der Waals surface area contributed by atoms with E-state index < -0.39 is 10.0 Å². The van der Waals surface area contributed by atoms with Crippen LogP contribution in [0.25, 0.3) is 0 Å². The first-order valence-corrected chi connectivity index (χ1v) is 8.84. The highest BCUT2D eigenvalue weighted by Gasteiger charge is 2.25. The zero-order chi connectivity index (χ0) is 16.6. The van der Waals surface area contributed by atoms with E-state index in [0.717, 1.165) is 5.56 Å². The molecule has 0 fully saturated rings. The molecule has 6 nitrogen and oxygen atoms in total. The molecule has 1 aromatic heterocycles. The topological polar surface area (TPSA) is 76.3 Å². The third-order valence-corrected chi connectivity index (χ3v) is 5.06. The SMILES string of the molecule is O=S1(=O)N=C(c2cnn(Cc3ccccc3)c2)Nc2ccccc21. The molecule has 2 aromatic carbocycles. The maximum Gasteiger partial charge on any atom is 0.286 e. The second-order valence-electron chi connectivity index (χ2n) is 5.45. The van der Waals surface area contributed by atoms with Crippen LogP contribution in [0.15, 0.2) is 76.3 Å². The van der Waals surface area contributed by atoms with Gasteiger partial charge in [-0.1, -0.05) is 42.5 Å². The summed E-state index contributed by atoms with van der Waals surface area (Å²) < 4.78 is 30.2. The Morgan fingerprint density at radius 1 is 1.00 bits per heavy atom. The van der Waals surface area contributed by atoms with E-state index in [4.69, 9.17) is 0 Å². The molecule has 3 aromatic rings. The fourth-order valence-corrected chi connectivity index (χ4v) is 3.72. The quantitative estimate of drug-likeness (QED) is 0.796. The highest BCUT2D eigenvalue weighted by molar-refractivity contribution is 7.90. The van der Waals surface area contributed by atoms with E-state index in [9.17, 15) is 8.42 Å². The average Bonchev–Trinajstić information content (AvgIpc) is 3.04. The molecule has 0 saturated heterocycles. The molecule has 0 saturated carbocycles. The number of benzene rings is 2. The van der Waals surface area contributed by atoms with Crippen LogP contribution in [-0.4, -0.2) is 24.0 Å². The number of hydrogen-bond donors (Lipinski definition) is 1. The Bertz CT molecular complexity index is 1020. The second-order valence-corrected chi connectivity index (χ2v) is 7.02. The number of aromatic nitrogens is 2. The number of anilines is 1. The monoisotopic (exact) mass is 338 g/mol. The van der Waals surface area contributed by atoms with Crippen molar-refractivity contribution in [2.24, 2.45) is 4.40 Å². The Balaban J connectivity index is 1.65. The van der Waals surface area contributed by atoms with Crippen LogP contribution < -0.4 is 5.32 Å². The van der Waals surface area contributed by atoms with Gasteiger partial charge in [0, 0.05) is 6.20 Å². The minimum atomic E-state index is -3.70. The van der Waals surface area contributed by atoms with Gasteiger partial charge in [0.05, 0.1) is 24.0 Å². The standard InChI is InChI=1S/C17H14N4O2S/c22-24(23)16-9-5-4-8-15(16)19-17(20-24)14-10-18-21(12-14)11-13-6-2-1-3-7-13/h1-10,12H,11H2,(H,19,20). The zero-order valence-corrected chi connectivity index (χ0v) is 13.4. The maximum atomic E-state index is 12.3. The minimum Gasteiger partial charge on any atom is -0.338 e. The summed E-state index contributed by atoms with van der Waals surface area (Å²) in [6, 6.07) is 16.6. The average molecular weight is 338 g/mol. The molecule has 7 heteroatoms. The van der Waals surface area contributed by atoms with Crippen LogP contribution in [0, 0.1) is 0 Å². The van der Waals surface area contributed by atoms with Crippen molar-refractivity contribution in [1.82, 2.24) is 9.78 Å². The Morgan fingerprint density at radius 3 is 2.58 bits per heavy atom. The molecule has 0 radical (unpaired) electrons. The first-order valence-electron chi connectivity index (χ1n) is 7.40. The lowest BCUT2D eigenvalue weighted by Crippen LogP contribution is -2.22. The van der Waals surface area contributed by atoms with Crippen LogP contribution in [0.1, 0.15) is 11.1 Å². The smallest absolute Gasteiger partial charge is 0.286 e. The third-order valence-electron chi connectivity index (χ3n) is 3.72. The van der Waals surface area contributed by atoms with Crippen LogP contribution in [0.2, 0.25) is 0 Å². The van der Waals surface area contributed by atoms with Crippen LogP contribution >= 0.6 is 0 Å². The first kappa shape index (κ1) is 14.6. The van der Waals surface area contributed by atoms with Crippen molar-refractivity contribution >= 4 is 21.5 Å². The molecule has 4 rings (SSSR count). The predicted octanol–water partition coefficient (Wildman–Crippen LogP) is 2.49. The number of para-hydroxylation sites is 1. The Kier molecular flexibility index (Phi) is 3.42. The van der Waals surface area contributed by atoms with Crippen LogP contribution in [0.5, 0.6) is 0 Å². The van der Waals surface area contributed by atoms with Gasteiger partial charge in [-0.3, -0.25) is 4.68 Å². The maximum absolute atomic E-state index is 12.3. The molecule has 24 heavy (non-hydrogen) atoms. The normalized spacial score (nSPS) is 15.2. The molecule has 1 aliphatic heterocycles. The van der Waals surface area contributed by atoms with Crippen molar-refractivity contribution in [3.05, 3.63) is 78.1 Å². The molecule has 0 unspecified atom stereocenters. The van der Waals surface area contributed by atoms with Gasteiger partial charge in [-0.05, 0) is 17.7 Å². The van der Waals surface area contributed by atoms with E-state index in [2.05, 4.69) is 14.8 Å². The summed E-state index contributed by atoms with van der Waals surface area (Å²) in [6.07, 6.45) is 3.39. The lowest BCUT2D eigenvalue weighted by atomic mass is 10.2. The van der Waals surface area contributed by atoms with Crippen molar-refractivity contribution in [3.63, 3.8) is 0 Å². The fraction of sp³-hybridized carbons (Fsp3) is 0.0588. The lowest BCUT2D eigenvalue weighted by molar-refractivity contribution is 0.598. The van der Waals surface area contributed by atoms with Crippen LogP contribution in [-0.2, 0) is 16.6 Å². The zero-order valence-electron chi connectivity index (χ0n) is 12.6. The molecule has 0 amide bonds. The largest absolute Gasteiger partial charge is 0.338 e. The second kappa shape index (κ2) is 5.61. The molecular weight excluding hydrogens is 324 g/mol. The molecule has 0 spiro atoms. The Labute approximate surface area is 139 Å². The molecule has 0 atom stereocenters. The van der Waals surface area contributed by atoms with Crippen molar-refractivity contribution in [2.45, 2.75) is 11.4 Å². The Morgan fingerprint density at radius 2 is 1.75 bits per heavy atom. The van der Waals surface area contributed by atoms with E-state index in [1.54, 1.807) is 35.3 Å². The molecule has 1 aliphatic rings. The van der Waals surface area contributed by atoms with Crippen molar-refractivity contribution in [3.8, 4) is 0 Å². The summed E-state index contributed by atoms with van der Waals surface area (Å²) >= 11 is 0. The van der Waals surface area contributed by atoms with Gasteiger partial charge >= 0.3 is 0 Å². The molecule has 120 valence electrons. The Hall–Kier alpha value is -2.93. The highest BCUT2D eigenvalue weighted by Crippen LogP contribution is 2.27. The summed E-state index contributed by atoms with van der Waals surface area (Å²) in [5.74, 6) is 0.285. The summed E-state index contributed by atoms with van der Waals surface area (Å²) in [5.41, 5.74) is 2.27. The first-order chi connectivity index (χ1) is 11.6. The van der Waals surface area contributed by atoms with Gasteiger partial charge < -0.3 is 5.32 Å². The van der Waals surface area contributed by atoms with Gasteiger partial charge in [0.25, 0.3) is 10.0 Å². The molecular formula is C17H14N4O2S. The van der Waals surface area contributed by atoms with Crippen molar-refractivity contribution < 1.29 is 8.42 Å². The van der Waals surface area contributed by atoms with Gasteiger partial charge in [-0.15, -0.1) is 4.40 Å². The molecule has 2 heterocycles. The number of sulfonamides is 1. The summed E-state index contributed by atoms with van der Waals surface area (Å²) in [6.45, 7) is 0.609. The molecule has 1 N–H and O–H groups in total. The number of fused-ring (bicyclic) bond motifs is 1. The van der Waals surface area contributed by atoms with E-state index >= 15 is 0 Å². The number of amidine groups is 1. The number of hydrogen-bond acceptors (Lipinski definition) is 4. The van der Waals surface area contributed by atoms with Crippen LogP contribution in [0.4, 0.5) is 5.69 Å². The predicted molar refractivity (Wildman–Crippen MR) is 91.6 cm³/mol. The molecule has 0 aliphatic carbocycles. The number of nitrogens with one attached hydrogen (secondary N) is 1. The van der Waals surface area contributed by atoms with E-state index in [1.807, 2.05) is 30.3 Å². The van der Waals surface area contributed by atoms with E-state index in [0.29, 0.717) is 17.8 Å². The van der Waals surface area contributed by atoms with Gasteiger partial charge in [-0.25, -0.2) is 0 Å². The van der Waals surface area contributed by atoms with Crippen molar-refractivity contribution in [2.75, 3.05) is 5.32 Å². The number of rotatable bonds is 3. The van der Waals surface area contributed by atoms with Gasteiger partial charge in [0.1, 0.15) is 4.90 Å². The van der Waals surface area contributed by atoms with Gasteiger partial charge in [0.15, 0.2) is 5.84 Å². The highest BCUT2D eigenvalue weighted by atomic mass is 32.2. The van der Waals surface area contributed by atoms with E-state index in [1.165, 1.54) is 6.07 Å². The summed E-state index contributed by atoms with van der Waals surface area (Å²) in [5, 5.41) is 7.35. The molecule has 0 bridgehead atoms. The van der Waals surface area contributed by atoms with E-state index in [-0.39, 0.29) is 10.7 Å². The summed E-state index contributed by atoms with van der Waals surface area (Å²) in [7, 11) is -3.70. The third kappa shape index (κ3) is 2.69. The lowest BCUT2D eigenvalue weighted by Gasteiger charge is -2.16. The summed E-state index contributed by atoms with van der Waals surface area (Å²) in [4.78, 5) is 0.186. The van der Waals surface area contributed by atoms with Crippen LogP contribution in [0.3, 0.4) is 0 Å². The van der Waals surface area contributed by atoms with Gasteiger partial charge in [-0.2, -0.15) is 13.5 Å². The van der Waals surface area contributed by atoms with Gasteiger partial charge in [0.2, 0.25) is 0 Å². The number of nitrogens with zero attached hydrogens (tertiary/aromatic N) is 3. The van der Waals surface area contributed by atoms with Crippen molar-refractivity contribution in [1.29, 1.82) is 0 Å². The fourth-order valence-electron chi connectivity index (χ4n) is 2.58. The minimum absolute atomic E-state index is 0.186.